The molecule has 0 unspecified atom stereocenters. The summed E-state index contributed by atoms with van der Waals surface area (Å²) in [5.41, 5.74) is 3.35. The molecule has 2 aliphatic rings. The molecule has 4 rings (SSSR count). The normalized spacial score (nSPS) is 29.9. The van der Waals surface area contributed by atoms with Crippen molar-refractivity contribution in [3.8, 4) is 11.5 Å². The summed E-state index contributed by atoms with van der Waals surface area (Å²) in [6.07, 6.45) is 3.10. The number of H-pyrrole nitrogens is 2. The van der Waals surface area contributed by atoms with Crippen molar-refractivity contribution in [3.05, 3.63) is 23.9 Å². The highest BCUT2D eigenvalue weighted by Gasteiger charge is 2.56. The maximum absolute atomic E-state index is 4.38. The molecule has 2 aromatic rings. The van der Waals surface area contributed by atoms with Crippen molar-refractivity contribution in [2.75, 3.05) is 0 Å². The largest absolute Gasteiger partial charge is 0.274 e. The van der Waals surface area contributed by atoms with Gasteiger partial charge in [-0.05, 0) is 23.5 Å². The average molecular weight is 214 g/mol. The highest BCUT2D eigenvalue weighted by atomic mass is 15.5. The topological polar surface area (TPSA) is 83.1 Å². The Morgan fingerprint density at radius 1 is 1.38 bits per heavy atom. The van der Waals surface area contributed by atoms with Gasteiger partial charge < -0.3 is 0 Å². The smallest absolute Gasteiger partial charge is 0.222 e. The van der Waals surface area contributed by atoms with E-state index >= 15 is 0 Å². The molecule has 6 heteroatoms. The fourth-order valence-electron chi connectivity index (χ4n) is 2.92. The first-order valence-corrected chi connectivity index (χ1v) is 5.33. The van der Waals surface area contributed by atoms with E-state index in [9.17, 15) is 0 Å². The molecule has 1 fully saturated rings. The molecule has 3 atom stereocenters. The lowest BCUT2D eigenvalue weighted by Gasteiger charge is -1.98. The van der Waals surface area contributed by atoms with Crippen molar-refractivity contribution in [2.24, 2.45) is 11.8 Å². The van der Waals surface area contributed by atoms with Gasteiger partial charge in [0.2, 0.25) is 5.82 Å². The van der Waals surface area contributed by atoms with Crippen LogP contribution in [0.4, 0.5) is 0 Å². The van der Waals surface area contributed by atoms with Gasteiger partial charge in [0.15, 0.2) is 0 Å². The molecule has 1 saturated carbocycles. The summed E-state index contributed by atoms with van der Waals surface area (Å²) in [6, 6.07) is 0. The first kappa shape index (κ1) is 8.20. The fourth-order valence-corrected chi connectivity index (χ4v) is 2.92. The Kier molecular flexibility index (Phi) is 1.32. The van der Waals surface area contributed by atoms with Crippen molar-refractivity contribution in [2.45, 2.75) is 12.3 Å². The van der Waals surface area contributed by atoms with Crippen LogP contribution in [-0.2, 0) is 6.42 Å². The molecule has 0 aromatic carbocycles. The lowest BCUT2D eigenvalue weighted by atomic mass is 10.1. The summed E-state index contributed by atoms with van der Waals surface area (Å²) in [6.45, 7) is 3.86. The van der Waals surface area contributed by atoms with Crippen molar-refractivity contribution in [3.63, 3.8) is 0 Å². The third-order valence-corrected chi connectivity index (χ3v) is 3.73. The van der Waals surface area contributed by atoms with Gasteiger partial charge in [-0.1, -0.05) is 6.08 Å². The van der Waals surface area contributed by atoms with Gasteiger partial charge in [0.25, 0.3) is 0 Å². The van der Waals surface area contributed by atoms with E-state index in [1.165, 1.54) is 11.3 Å². The molecule has 2 N–H and O–H groups in total. The number of tetrazole rings is 1. The van der Waals surface area contributed by atoms with E-state index in [0.717, 1.165) is 12.1 Å². The molecule has 0 amide bonds. The van der Waals surface area contributed by atoms with Crippen LogP contribution in [-0.4, -0.2) is 30.8 Å². The van der Waals surface area contributed by atoms with Gasteiger partial charge in [0.05, 0.1) is 5.69 Å². The fraction of sp³-hybridized carbons (Fsp3) is 0.400. The van der Waals surface area contributed by atoms with Gasteiger partial charge in [0.1, 0.15) is 5.69 Å². The first-order valence-electron chi connectivity index (χ1n) is 5.33. The molecule has 0 radical (unpaired) electrons. The maximum Gasteiger partial charge on any atom is 0.222 e. The average Bonchev–Trinajstić information content (AvgIpc) is 2.73. The van der Waals surface area contributed by atoms with Gasteiger partial charge in [0, 0.05) is 11.5 Å². The van der Waals surface area contributed by atoms with Gasteiger partial charge in [-0.2, -0.15) is 10.3 Å². The Morgan fingerprint density at radius 3 is 3.06 bits per heavy atom. The Morgan fingerprint density at radius 2 is 2.31 bits per heavy atom. The Hall–Kier alpha value is -1.98. The number of fused-ring (bicyclic) bond motifs is 3. The summed E-state index contributed by atoms with van der Waals surface area (Å²) in [5, 5.41) is 21.4. The van der Waals surface area contributed by atoms with Gasteiger partial charge >= 0.3 is 0 Å². The van der Waals surface area contributed by atoms with Gasteiger partial charge in [-0.15, -0.1) is 16.8 Å². The molecule has 6 nitrogen and oxygen atoms in total. The quantitative estimate of drug-likeness (QED) is 0.719. The summed E-state index contributed by atoms with van der Waals surface area (Å²) < 4.78 is 0. The molecular weight excluding hydrogens is 204 g/mol. The van der Waals surface area contributed by atoms with E-state index in [2.05, 4.69) is 37.4 Å². The zero-order valence-corrected chi connectivity index (χ0v) is 8.51. The molecule has 0 aliphatic heterocycles. The molecular formula is C10H10N6. The number of rotatable bonds is 2. The van der Waals surface area contributed by atoms with Crippen LogP contribution in [0.1, 0.15) is 17.2 Å². The number of nitrogens with zero attached hydrogens (tertiary/aromatic N) is 4. The highest BCUT2D eigenvalue weighted by Crippen LogP contribution is 2.62. The minimum Gasteiger partial charge on any atom is -0.274 e. The van der Waals surface area contributed by atoms with Crippen LogP contribution >= 0.6 is 0 Å². The second-order valence-corrected chi connectivity index (χ2v) is 4.40. The van der Waals surface area contributed by atoms with Crippen LogP contribution in [0.5, 0.6) is 0 Å². The zero-order valence-electron chi connectivity index (χ0n) is 8.51. The van der Waals surface area contributed by atoms with E-state index in [-0.39, 0.29) is 0 Å². The van der Waals surface area contributed by atoms with Crippen molar-refractivity contribution in [1.82, 2.24) is 30.8 Å². The number of aromatic nitrogens is 6. The van der Waals surface area contributed by atoms with E-state index in [0.29, 0.717) is 23.6 Å². The van der Waals surface area contributed by atoms with E-state index in [1.807, 2.05) is 6.08 Å². The number of hydrogen-bond donors (Lipinski definition) is 2. The Balaban J connectivity index is 1.80. The molecule has 0 spiro atoms. The van der Waals surface area contributed by atoms with Crippen LogP contribution in [0, 0.1) is 11.8 Å². The van der Waals surface area contributed by atoms with E-state index in [4.69, 9.17) is 0 Å². The van der Waals surface area contributed by atoms with Crippen molar-refractivity contribution in [1.29, 1.82) is 0 Å². The SMILES string of the molecule is C=C[C@@H]1[C@@H]2Cc3c(n[nH]c3-c3nn[nH]n3)[C@H]12. The minimum absolute atomic E-state index is 0.574. The number of allylic oxidation sites excluding steroid dienone is 1. The zero-order chi connectivity index (χ0) is 10.7. The lowest BCUT2D eigenvalue weighted by molar-refractivity contribution is 0.798. The summed E-state index contributed by atoms with van der Waals surface area (Å²) in [5.74, 6) is 2.50. The summed E-state index contributed by atoms with van der Waals surface area (Å²) in [4.78, 5) is 0. The monoisotopic (exact) mass is 214 g/mol. The molecule has 0 bridgehead atoms. The van der Waals surface area contributed by atoms with Crippen LogP contribution in [0.15, 0.2) is 12.7 Å². The van der Waals surface area contributed by atoms with E-state index < -0.39 is 0 Å². The second-order valence-electron chi connectivity index (χ2n) is 4.40. The number of hydrogen-bond acceptors (Lipinski definition) is 4. The second kappa shape index (κ2) is 2.58. The highest BCUT2D eigenvalue weighted by molar-refractivity contribution is 5.60. The van der Waals surface area contributed by atoms with E-state index in [1.54, 1.807) is 0 Å². The van der Waals surface area contributed by atoms with Gasteiger partial charge in [-0.25, -0.2) is 0 Å². The molecule has 80 valence electrons. The predicted octanol–water partition coefficient (Wildman–Crippen LogP) is 0.661. The van der Waals surface area contributed by atoms with Crippen LogP contribution in [0.25, 0.3) is 11.5 Å². The predicted molar refractivity (Wildman–Crippen MR) is 55.4 cm³/mol. The maximum atomic E-state index is 4.38. The van der Waals surface area contributed by atoms with Crippen molar-refractivity contribution < 1.29 is 0 Å². The lowest BCUT2D eigenvalue weighted by Crippen LogP contribution is -1.92. The number of aromatic amines is 2. The molecule has 2 aromatic heterocycles. The van der Waals surface area contributed by atoms with Crippen molar-refractivity contribution >= 4 is 0 Å². The molecule has 0 saturated heterocycles. The third kappa shape index (κ3) is 0.827. The number of nitrogens with one attached hydrogen (secondary N) is 2. The standard InChI is InChI=1S/C10H10N6/c1-2-4-5-3-6-8(7(4)5)11-12-9(6)10-13-15-16-14-10/h2,4-5,7H,1,3H2,(H,11,12)(H,13,14,15,16)/t4-,5+,7-/m1/s1. The third-order valence-electron chi connectivity index (χ3n) is 3.73. The van der Waals surface area contributed by atoms with Gasteiger partial charge in [-0.3, -0.25) is 5.10 Å². The Bertz CT molecular complexity index is 554. The molecule has 2 heterocycles. The first-order chi connectivity index (χ1) is 7.90. The van der Waals surface area contributed by atoms with Crippen LogP contribution < -0.4 is 0 Å². The van der Waals surface area contributed by atoms with Crippen LogP contribution in [0.3, 0.4) is 0 Å². The molecule has 2 aliphatic carbocycles. The molecule has 16 heavy (non-hydrogen) atoms. The summed E-state index contributed by atoms with van der Waals surface area (Å²) >= 11 is 0. The summed E-state index contributed by atoms with van der Waals surface area (Å²) in [7, 11) is 0. The Labute approximate surface area is 91.1 Å². The van der Waals surface area contributed by atoms with Crippen LogP contribution in [0.2, 0.25) is 0 Å². The minimum atomic E-state index is 0.574.